The third-order valence-corrected chi connectivity index (χ3v) is 4.71. The maximum Gasteiger partial charge on any atom is 0.225 e. The summed E-state index contributed by atoms with van der Waals surface area (Å²) in [4.78, 5) is 14.4. The molecule has 1 amide bonds. The molecule has 1 aromatic rings. The van der Waals surface area contributed by atoms with E-state index >= 15 is 0 Å². The Hall–Kier alpha value is -1.39. The van der Waals surface area contributed by atoms with Crippen LogP contribution in [0.3, 0.4) is 0 Å². The van der Waals surface area contributed by atoms with Crippen LogP contribution >= 0.6 is 0 Å². The quantitative estimate of drug-likeness (QED) is 0.876. The van der Waals surface area contributed by atoms with E-state index in [-0.39, 0.29) is 17.4 Å². The van der Waals surface area contributed by atoms with E-state index in [1.54, 1.807) is 0 Å². The van der Waals surface area contributed by atoms with Gasteiger partial charge < -0.3 is 16.0 Å². The first-order valence-electron chi connectivity index (χ1n) is 7.96. The van der Waals surface area contributed by atoms with Crippen LogP contribution in [0.1, 0.15) is 30.9 Å². The van der Waals surface area contributed by atoms with Crippen LogP contribution in [0, 0.1) is 5.92 Å². The average molecular weight is 287 g/mol. The fraction of sp³-hybridized carbons (Fsp3) is 0.588. The maximum atomic E-state index is 12.4. The monoisotopic (exact) mass is 287 g/mol. The van der Waals surface area contributed by atoms with Gasteiger partial charge in [0.1, 0.15) is 0 Å². The van der Waals surface area contributed by atoms with Gasteiger partial charge in [-0.15, -0.1) is 0 Å². The second-order valence-electron chi connectivity index (χ2n) is 6.53. The van der Waals surface area contributed by atoms with E-state index in [9.17, 15) is 4.79 Å². The van der Waals surface area contributed by atoms with Gasteiger partial charge in [0, 0.05) is 37.6 Å². The molecule has 1 saturated heterocycles. The SMILES string of the molecule is CC(Cc1ccc(C2(N)CC2)cc1)C(=O)N1CCNCC1. The molecule has 4 nitrogen and oxygen atoms in total. The third kappa shape index (κ3) is 3.27. The van der Waals surface area contributed by atoms with Crippen molar-refractivity contribution >= 4 is 5.91 Å². The number of hydrogen-bond donors (Lipinski definition) is 2. The van der Waals surface area contributed by atoms with Crippen LogP contribution in [0.4, 0.5) is 0 Å². The smallest absolute Gasteiger partial charge is 0.225 e. The molecule has 1 heterocycles. The fourth-order valence-electron chi connectivity index (χ4n) is 3.03. The van der Waals surface area contributed by atoms with Crippen LogP contribution in [0.25, 0.3) is 0 Å². The standard InChI is InChI=1S/C17H25N3O/c1-13(16(21)20-10-8-19-9-11-20)12-14-2-4-15(5-3-14)17(18)6-7-17/h2-5,13,19H,6-12,18H2,1H3. The van der Waals surface area contributed by atoms with Gasteiger partial charge in [-0.25, -0.2) is 0 Å². The topological polar surface area (TPSA) is 58.4 Å². The van der Waals surface area contributed by atoms with E-state index in [1.807, 2.05) is 11.8 Å². The van der Waals surface area contributed by atoms with E-state index in [2.05, 4.69) is 29.6 Å². The minimum Gasteiger partial charge on any atom is -0.340 e. The van der Waals surface area contributed by atoms with Crippen molar-refractivity contribution in [2.75, 3.05) is 26.2 Å². The molecule has 114 valence electrons. The molecule has 1 saturated carbocycles. The summed E-state index contributed by atoms with van der Waals surface area (Å²) < 4.78 is 0. The Morgan fingerprint density at radius 2 is 1.90 bits per heavy atom. The third-order valence-electron chi connectivity index (χ3n) is 4.71. The molecule has 1 atom stereocenters. The highest BCUT2D eigenvalue weighted by atomic mass is 16.2. The summed E-state index contributed by atoms with van der Waals surface area (Å²) in [5, 5.41) is 3.28. The zero-order chi connectivity index (χ0) is 14.9. The van der Waals surface area contributed by atoms with Gasteiger partial charge in [0.15, 0.2) is 0 Å². The highest BCUT2D eigenvalue weighted by Gasteiger charge is 2.39. The molecule has 1 aliphatic carbocycles. The first-order valence-corrected chi connectivity index (χ1v) is 7.96. The average Bonchev–Trinajstić information content (AvgIpc) is 3.27. The fourth-order valence-corrected chi connectivity index (χ4v) is 3.03. The molecule has 3 rings (SSSR count). The van der Waals surface area contributed by atoms with E-state index < -0.39 is 0 Å². The maximum absolute atomic E-state index is 12.4. The number of carbonyl (C=O) groups excluding carboxylic acids is 1. The second-order valence-corrected chi connectivity index (χ2v) is 6.53. The molecule has 0 spiro atoms. The molecule has 1 unspecified atom stereocenters. The number of piperazine rings is 1. The molecule has 4 heteroatoms. The number of amides is 1. The van der Waals surface area contributed by atoms with Crippen LogP contribution in [-0.4, -0.2) is 37.0 Å². The summed E-state index contributed by atoms with van der Waals surface area (Å²) in [5.74, 6) is 0.319. The minimum absolute atomic E-state index is 0.0433. The molecular weight excluding hydrogens is 262 g/mol. The van der Waals surface area contributed by atoms with Gasteiger partial charge in [-0.2, -0.15) is 0 Å². The Kier molecular flexibility index (Phi) is 4.00. The summed E-state index contributed by atoms with van der Waals surface area (Å²) in [5.41, 5.74) is 8.58. The first kappa shape index (κ1) is 14.5. The van der Waals surface area contributed by atoms with Crippen LogP contribution in [-0.2, 0) is 16.8 Å². The van der Waals surface area contributed by atoms with Gasteiger partial charge >= 0.3 is 0 Å². The summed E-state index contributed by atoms with van der Waals surface area (Å²) in [6.45, 7) is 5.51. The molecule has 2 aliphatic rings. The number of nitrogens with one attached hydrogen (secondary N) is 1. The summed E-state index contributed by atoms with van der Waals surface area (Å²) >= 11 is 0. The first-order chi connectivity index (χ1) is 10.1. The summed E-state index contributed by atoms with van der Waals surface area (Å²) in [6.07, 6.45) is 2.98. The van der Waals surface area contributed by atoms with Gasteiger partial charge in [-0.3, -0.25) is 4.79 Å². The number of nitrogens with two attached hydrogens (primary N) is 1. The number of hydrogen-bond acceptors (Lipinski definition) is 3. The minimum atomic E-state index is -0.0687. The number of nitrogens with zero attached hydrogens (tertiary/aromatic N) is 1. The molecule has 0 aromatic heterocycles. The molecule has 3 N–H and O–H groups in total. The van der Waals surface area contributed by atoms with Crippen molar-refractivity contribution in [2.45, 2.75) is 31.7 Å². The molecule has 0 bridgehead atoms. The second kappa shape index (κ2) is 5.78. The van der Waals surface area contributed by atoms with E-state index in [4.69, 9.17) is 5.73 Å². The van der Waals surface area contributed by atoms with E-state index in [0.717, 1.165) is 45.4 Å². The molecule has 0 radical (unpaired) electrons. The Morgan fingerprint density at radius 3 is 2.48 bits per heavy atom. The Labute approximate surface area is 126 Å². The zero-order valence-corrected chi connectivity index (χ0v) is 12.8. The van der Waals surface area contributed by atoms with Crippen molar-refractivity contribution in [3.8, 4) is 0 Å². The lowest BCUT2D eigenvalue weighted by molar-refractivity contribution is -0.135. The van der Waals surface area contributed by atoms with Crippen LogP contribution in [0.5, 0.6) is 0 Å². The summed E-state index contributed by atoms with van der Waals surface area (Å²) in [7, 11) is 0. The molecule has 2 fully saturated rings. The lowest BCUT2D eigenvalue weighted by Crippen LogP contribution is -2.48. The number of benzene rings is 1. The lowest BCUT2D eigenvalue weighted by Gasteiger charge is -2.29. The van der Waals surface area contributed by atoms with Gasteiger partial charge in [-0.05, 0) is 30.4 Å². The Bertz CT molecular complexity index is 501. The van der Waals surface area contributed by atoms with Crippen LogP contribution in [0.15, 0.2) is 24.3 Å². The number of carbonyl (C=O) groups is 1. The van der Waals surface area contributed by atoms with Gasteiger partial charge in [0.25, 0.3) is 0 Å². The Morgan fingerprint density at radius 1 is 1.29 bits per heavy atom. The predicted molar refractivity (Wildman–Crippen MR) is 83.9 cm³/mol. The molecular formula is C17H25N3O. The molecule has 1 aromatic carbocycles. The number of rotatable bonds is 4. The van der Waals surface area contributed by atoms with E-state index in [0.29, 0.717) is 0 Å². The van der Waals surface area contributed by atoms with E-state index in [1.165, 1.54) is 11.1 Å². The van der Waals surface area contributed by atoms with Gasteiger partial charge in [-0.1, -0.05) is 31.2 Å². The zero-order valence-electron chi connectivity index (χ0n) is 12.8. The van der Waals surface area contributed by atoms with Crippen molar-refractivity contribution in [2.24, 2.45) is 11.7 Å². The lowest BCUT2D eigenvalue weighted by atomic mass is 9.97. The normalized spacial score (nSPS) is 21.9. The summed E-state index contributed by atoms with van der Waals surface area (Å²) in [6, 6.07) is 8.52. The van der Waals surface area contributed by atoms with Crippen molar-refractivity contribution in [1.82, 2.24) is 10.2 Å². The van der Waals surface area contributed by atoms with Crippen LogP contribution in [0.2, 0.25) is 0 Å². The van der Waals surface area contributed by atoms with Crippen molar-refractivity contribution < 1.29 is 4.79 Å². The highest BCUT2D eigenvalue weighted by molar-refractivity contribution is 5.79. The van der Waals surface area contributed by atoms with Crippen molar-refractivity contribution in [1.29, 1.82) is 0 Å². The molecule has 21 heavy (non-hydrogen) atoms. The van der Waals surface area contributed by atoms with Crippen molar-refractivity contribution in [3.05, 3.63) is 35.4 Å². The van der Waals surface area contributed by atoms with Crippen LogP contribution < -0.4 is 11.1 Å². The largest absolute Gasteiger partial charge is 0.340 e. The Balaban J connectivity index is 1.58. The predicted octanol–water partition coefficient (Wildman–Crippen LogP) is 1.24. The molecule has 1 aliphatic heterocycles. The highest BCUT2D eigenvalue weighted by Crippen LogP contribution is 2.42. The van der Waals surface area contributed by atoms with Gasteiger partial charge in [0.2, 0.25) is 5.91 Å². The van der Waals surface area contributed by atoms with Crippen molar-refractivity contribution in [3.63, 3.8) is 0 Å². The van der Waals surface area contributed by atoms with Gasteiger partial charge in [0.05, 0.1) is 0 Å².